The molecule has 1 aromatic carbocycles. The molecular weight excluding hydrogens is 353 g/mol. The van der Waals surface area contributed by atoms with Crippen molar-refractivity contribution in [2.24, 2.45) is 0 Å². The zero-order valence-corrected chi connectivity index (χ0v) is 14.4. The number of aromatic nitrogens is 3. The van der Waals surface area contributed by atoms with Crippen LogP contribution in [0.1, 0.15) is 19.2 Å². The van der Waals surface area contributed by atoms with E-state index in [1.807, 2.05) is 0 Å². The maximum absolute atomic E-state index is 13.6. The summed E-state index contributed by atoms with van der Waals surface area (Å²) in [5.41, 5.74) is 1.13. The van der Waals surface area contributed by atoms with Crippen LogP contribution in [0.3, 0.4) is 0 Å². The molecule has 0 saturated carbocycles. The van der Waals surface area contributed by atoms with Crippen molar-refractivity contribution in [1.29, 1.82) is 0 Å². The lowest BCUT2D eigenvalue weighted by Crippen LogP contribution is -2.13. The van der Waals surface area contributed by atoms with Crippen LogP contribution in [-0.2, 0) is 16.0 Å². The van der Waals surface area contributed by atoms with E-state index in [9.17, 15) is 14.0 Å². The Morgan fingerprint density at radius 1 is 1.15 bits per heavy atom. The lowest BCUT2D eigenvalue weighted by molar-refractivity contribution is -0.116. The number of rotatable bonds is 6. The number of benzene rings is 1. The molecule has 0 fully saturated rings. The zero-order valence-electron chi connectivity index (χ0n) is 14.4. The summed E-state index contributed by atoms with van der Waals surface area (Å²) in [6.07, 6.45) is 3.60. The first-order valence-corrected chi connectivity index (χ1v) is 8.11. The molecule has 3 aromatic rings. The van der Waals surface area contributed by atoms with Crippen molar-refractivity contribution >= 4 is 23.2 Å². The number of hydrogen-bond donors (Lipinski definition) is 2. The molecule has 138 valence electrons. The molecule has 0 aliphatic rings. The molecule has 0 unspecified atom stereocenters. The van der Waals surface area contributed by atoms with Crippen LogP contribution in [0, 0.1) is 5.82 Å². The summed E-state index contributed by atoms with van der Waals surface area (Å²) in [6, 6.07) is 7.43. The van der Waals surface area contributed by atoms with Crippen LogP contribution < -0.4 is 10.6 Å². The normalized spacial score (nSPS) is 10.4. The van der Waals surface area contributed by atoms with E-state index in [4.69, 9.17) is 4.52 Å². The Balaban J connectivity index is 1.57. The lowest BCUT2D eigenvalue weighted by atomic mass is 10.2. The third-order valence-corrected chi connectivity index (χ3v) is 3.53. The molecule has 0 aliphatic heterocycles. The molecule has 0 saturated heterocycles. The molecule has 0 aliphatic carbocycles. The molecule has 2 N–H and O–H groups in total. The number of carbonyl (C=O) groups excluding carboxylic acids is 2. The van der Waals surface area contributed by atoms with Crippen LogP contribution in [0.25, 0.3) is 11.4 Å². The van der Waals surface area contributed by atoms with E-state index < -0.39 is 11.7 Å². The Morgan fingerprint density at radius 2 is 1.93 bits per heavy atom. The van der Waals surface area contributed by atoms with Crippen molar-refractivity contribution in [3.05, 3.63) is 54.4 Å². The van der Waals surface area contributed by atoms with E-state index in [-0.39, 0.29) is 24.4 Å². The summed E-state index contributed by atoms with van der Waals surface area (Å²) in [7, 11) is 0. The van der Waals surface area contributed by atoms with Crippen molar-refractivity contribution < 1.29 is 18.5 Å². The molecule has 27 heavy (non-hydrogen) atoms. The number of hydrogen-bond acceptors (Lipinski definition) is 6. The Hall–Kier alpha value is -3.62. The van der Waals surface area contributed by atoms with Gasteiger partial charge in [0.15, 0.2) is 0 Å². The summed E-state index contributed by atoms with van der Waals surface area (Å²) < 4.78 is 18.8. The first kappa shape index (κ1) is 18.2. The van der Waals surface area contributed by atoms with Gasteiger partial charge < -0.3 is 15.2 Å². The van der Waals surface area contributed by atoms with Gasteiger partial charge >= 0.3 is 0 Å². The number of amides is 2. The van der Waals surface area contributed by atoms with Crippen LogP contribution in [0.4, 0.5) is 15.8 Å². The second-order valence-corrected chi connectivity index (χ2v) is 5.67. The summed E-state index contributed by atoms with van der Waals surface area (Å²) in [5.74, 6) is -0.545. The highest BCUT2D eigenvalue weighted by Crippen LogP contribution is 2.20. The van der Waals surface area contributed by atoms with Gasteiger partial charge in [-0.1, -0.05) is 5.16 Å². The Morgan fingerprint density at radius 3 is 2.67 bits per heavy atom. The fourth-order valence-corrected chi connectivity index (χ4v) is 2.31. The second-order valence-electron chi connectivity index (χ2n) is 5.67. The third-order valence-electron chi connectivity index (χ3n) is 3.53. The van der Waals surface area contributed by atoms with E-state index in [2.05, 4.69) is 25.8 Å². The SMILES string of the molecule is CC(=O)Nc1cc(NC(=O)CCc2nc(-c3ccncc3)no2)ccc1F. The molecule has 0 radical (unpaired) electrons. The first-order valence-electron chi connectivity index (χ1n) is 8.11. The lowest BCUT2D eigenvalue weighted by Gasteiger charge is -2.08. The van der Waals surface area contributed by atoms with E-state index in [1.54, 1.807) is 24.5 Å². The third kappa shape index (κ3) is 4.94. The van der Waals surface area contributed by atoms with Crippen molar-refractivity contribution in [3.8, 4) is 11.4 Å². The minimum Gasteiger partial charge on any atom is -0.339 e. The number of anilines is 2. The highest BCUT2D eigenvalue weighted by Gasteiger charge is 2.12. The summed E-state index contributed by atoms with van der Waals surface area (Å²) in [4.78, 5) is 31.3. The van der Waals surface area contributed by atoms with Crippen LogP contribution in [0.5, 0.6) is 0 Å². The topological polar surface area (TPSA) is 110 Å². The minimum absolute atomic E-state index is 0.000746. The largest absolute Gasteiger partial charge is 0.339 e. The smallest absolute Gasteiger partial charge is 0.227 e. The van der Waals surface area contributed by atoms with E-state index in [1.165, 1.54) is 25.1 Å². The predicted octanol–water partition coefficient (Wildman–Crippen LogP) is 2.80. The van der Waals surface area contributed by atoms with Crippen molar-refractivity contribution in [1.82, 2.24) is 15.1 Å². The number of aryl methyl sites for hydroxylation is 1. The van der Waals surface area contributed by atoms with E-state index >= 15 is 0 Å². The van der Waals surface area contributed by atoms with Gasteiger partial charge in [-0.05, 0) is 30.3 Å². The Kier molecular flexibility index (Phi) is 5.50. The highest BCUT2D eigenvalue weighted by molar-refractivity contribution is 5.93. The summed E-state index contributed by atoms with van der Waals surface area (Å²) in [5, 5.41) is 8.87. The highest BCUT2D eigenvalue weighted by atomic mass is 19.1. The molecule has 2 amide bonds. The molecule has 0 spiro atoms. The van der Waals surface area contributed by atoms with E-state index in [0.29, 0.717) is 17.4 Å². The van der Waals surface area contributed by atoms with Gasteiger partial charge in [-0.25, -0.2) is 4.39 Å². The quantitative estimate of drug-likeness (QED) is 0.691. The van der Waals surface area contributed by atoms with Crippen LogP contribution in [0.2, 0.25) is 0 Å². The number of halogens is 1. The Labute approximate surface area is 153 Å². The number of carbonyl (C=O) groups is 2. The number of pyridine rings is 1. The summed E-state index contributed by atoms with van der Waals surface area (Å²) >= 11 is 0. The van der Waals surface area contributed by atoms with Gasteiger partial charge in [0.1, 0.15) is 5.82 Å². The first-order chi connectivity index (χ1) is 13.0. The van der Waals surface area contributed by atoms with E-state index in [0.717, 1.165) is 5.56 Å². The van der Waals surface area contributed by atoms with Gasteiger partial charge in [0.2, 0.25) is 23.5 Å². The van der Waals surface area contributed by atoms with Gasteiger partial charge in [-0.2, -0.15) is 4.98 Å². The monoisotopic (exact) mass is 369 g/mol. The molecule has 3 rings (SSSR count). The minimum atomic E-state index is -0.585. The fourth-order valence-electron chi connectivity index (χ4n) is 2.31. The van der Waals surface area contributed by atoms with Crippen LogP contribution in [-0.4, -0.2) is 26.9 Å². The van der Waals surface area contributed by atoms with Crippen LogP contribution >= 0.6 is 0 Å². The fraction of sp³-hybridized carbons (Fsp3) is 0.167. The van der Waals surface area contributed by atoms with Crippen molar-refractivity contribution in [2.75, 3.05) is 10.6 Å². The van der Waals surface area contributed by atoms with Crippen molar-refractivity contribution in [3.63, 3.8) is 0 Å². The second kappa shape index (κ2) is 8.17. The molecule has 2 aromatic heterocycles. The van der Waals surface area contributed by atoms with Gasteiger partial charge in [0.05, 0.1) is 5.69 Å². The predicted molar refractivity (Wildman–Crippen MR) is 95.2 cm³/mol. The molecule has 8 nitrogen and oxygen atoms in total. The van der Waals surface area contributed by atoms with Gasteiger partial charge in [0.25, 0.3) is 0 Å². The number of nitrogens with zero attached hydrogens (tertiary/aromatic N) is 3. The molecule has 9 heteroatoms. The Bertz CT molecular complexity index is 959. The van der Waals surface area contributed by atoms with Crippen LogP contribution in [0.15, 0.2) is 47.2 Å². The summed E-state index contributed by atoms with van der Waals surface area (Å²) in [6.45, 7) is 1.27. The van der Waals surface area contributed by atoms with Gasteiger partial charge in [-0.15, -0.1) is 0 Å². The number of nitrogens with one attached hydrogen (secondary N) is 2. The molecular formula is C18H16FN5O3. The zero-order chi connectivity index (χ0) is 19.2. The average Bonchev–Trinajstić information content (AvgIpc) is 3.12. The standard InChI is InChI=1S/C18H16FN5O3/c1-11(25)21-15-10-13(2-3-14(15)19)22-16(26)4-5-17-23-18(24-27-17)12-6-8-20-9-7-12/h2-3,6-10H,4-5H2,1H3,(H,21,25)(H,22,26). The van der Waals surface area contributed by atoms with Crippen molar-refractivity contribution in [2.45, 2.75) is 19.8 Å². The maximum Gasteiger partial charge on any atom is 0.227 e. The van der Waals surface area contributed by atoms with Gasteiger partial charge in [0, 0.05) is 43.4 Å². The molecule has 0 bridgehead atoms. The van der Waals surface area contributed by atoms with Gasteiger partial charge in [-0.3, -0.25) is 14.6 Å². The molecule has 2 heterocycles. The average molecular weight is 369 g/mol. The maximum atomic E-state index is 13.6. The molecule has 0 atom stereocenters.